The average Bonchev–Trinajstić information content (AvgIpc) is 2.39. The topological polar surface area (TPSA) is 13.6 Å². The van der Waals surface area contributed by atoms with E-state index in [1.54, 1.807) is 0 Å². The summed E-state index contributed by atoms with van der Waals surface area (Å²) in [6.45, 7) is 1.86. The van der Waals surface area contributed by atoms with Crippen molar-refractivity contribution in [2.75, 3.05) is 13.2 Å². The van der Waals surface area contributed by atoms with Gasteiger partial charge in [-0.2, -0.15) is 0 Å². The summed E-state index contributed by atoms with van der Waals surface area (Å²) in [4.78, 5) is 4.07. The Hall–Kier alpha value is -0.550. The predicted molar refractivity (Wildman–Crippen MR) is 39.3 cm³/mol. The monoisotopic (exact) mass is 138 g/mol. The van der Waals surface area contributed by atoms with Crippen LogP contribution in [-0.2, 0) is 4.74 Å². The maximum absolute atomic E-state index is 5.66. The van der Waals surface area contributed by atoms with Crippen LogP contribution in [0.4, 0.5) is 0 Å². The minimum atomic E-state index is 0.168. The molecule has 2 heterocycles. The molecule has 0 radical (unpaired) electrons. The van der Waals surface area contributed by atoms with Gasteiger partial charge in [0.05, 0.1) is 12.0 Å². The average molecular weight is 138 g/mol. The van der Waals surface area contributed by atoms with E-state index in [1.165, 1.54) is 12.8 Å². The molecule has 1 fully saturated rings. The van der Waals surface area contributed by atoms with E-state index < -0.39 is 0 Å². The first-order valence-corrected chi connectivity index (χ1v) is 3.95. The van der Waals surface area contributed by atoms with Gasteiger partial charge in [0.25, 0.3) is 12.6 Å². The van der Waals surface area contributed by atoms with Gasteiger partial charge in [-0.3, -0.25) is 0 Å². The second-order valence-electron chi connectivity index (χ2n) is 3.10. The lowest BCUT2D eigenvalue weighted by Crippen LogP contribution is -2.29. The number of hydrogen-bond acceptors (Lipinski definition) is 1. The van der Waals surface area contributed by atoms with Gasteiger partial charge in [0.1, 0.15) is 6.42 Å². The van der Waals surface area contributed by atoms with Crippen molar-refractivity contribution in [1.29, 1.82) is 0 Å². The number of hydrogen-bond donors (Lipinski definition) is 0. The lowest BCUT2D eigenvalue weighted by atomic mass is 9.92. The Morgan fingerprint density at radius 1 is 1.40 bits per heavy atom. The molecular formula is C8H12NO+. The zero-order chi connectivity index (χ0) is 6.86. The fraction of sp³-hybridized carbons (Fsp3) is 0.875. The van der Waals surface area contributed by atoms with Gasteiger partial charge in [0.2, 0.25) is 0 Å². The summed E-state index contributed by atoms with van der Waals surface area (Å²) in [5, 5.41) is 0. The smallest absolute Gasteiger partial charge is 0.275 e. The summed E-state index contributed by atoms with van der Waals surface area (Å²) >= 11 is 0. The second kappa shape index (κ2) is 2.25. The summed E-state index contributed by atoms with van der Waals surface area (Å²) in [5.74, 6) is 0. The lowest BCUT2D eigenvalue weighted by molar-refractivity contribution is 0.00285. The molecule has 1 saturated heterocycles. The first-order chi connectivity index (χ1) is 4.91. The van der Waals surface area contributed by atoms with E-state index in [4.69, 9.17) is 4.74 Å². The summed E-state index contributed by atoms with van der Waals surface area (Å²) in [5.41, 5.74) is 0.168. The summed E-state index contributed by atoms with van der Waals surface area (Å²) in [7, 11) is 0. The molecule has 0 aromatic carbocycles. The third kappa shape index (κ3) is 0.911. The number of nitrogens with zero attached hydrogens (tertiary/aromatic N) is 1. The third-order valence-electron chi connectivity index (χ3n) is 2.38. The Morgan fingerprint density at radius 2 is 2.40 bits per heavy atom. The van der Waals surface area contributed by atoms with E-state index in [0.29, 0.717) is 0 Å². The van der Waals surface area contributed by atoms with Gasteiger partial charge in [-0.25, -0.2) is 0 Å². The molecule has 2 aliphatic rings. The van der Waals surface area contributed by atoms with Crippen molar-refractivity contribution < 1.29 is 4.74 Å². The standard InChI is InChI=1S/C8H12NO/c1-2-8(10-7-1)3-5-9-6-4-8/h1-5,7H2/q+1. The lowest BCUT2D eigenvalue weighted by Gasteiger charge is -2.22. The molecule has 10 heavy (non-hydrogen) atoms. The van der Waals surface area contributed by atoms with Crippen LogP contribution in [0.1, 0.15) is 25.7 Å². The zero-order valence-electron chi connectivity index (χ0n) is 6.10. The fourth-order valence-electron chi connectivity index (χ4n) is 1.72. The molecule has 1 atom stereocenters. The van der Waals surface area contributed by atoms with Crippen LogP contribution in [0.25, 0.3) is 4.85 Å². The van der Waals surface area contributed by atoms with Crippen molar-refractivity contribution in [1.82, 2.24) is 0 Å². The van der Waals surface area contributed by atoms with Crippen molar-refractivity contribution >= 4 is 0 Å². The first kappa shape index (κ1) is 6.18. The zero-order valence-corrected chi connectivity index (χ0v) is 6.10. The van der Waals surface area contributed by atoms with Gasteiger partial charge < -0.3 is 4.74 Å². The van der Waals surface area contributed by atoms with E-state index in [0.717, 1.165) is 26.0 Å². The normalized spacial score (nSPS) is 37.6. The quantitative estimate of drug-likeness (QED) is 0.496. The summed E-state index contributed by atoms with van der Waals surface area (Å²) in [6, 6.07) is 3.02. The van der Waals surface area contributed by atoms with Crippen LogP contribution < -0.4 is 0 Å². The van der Waals surface area contributed by atoms with Crippen molar-refractivity contribution in [3.05, 3.63) is 4.85 Å². The highest BCUT2D eigenvalue weighted by Gasteiger charge is 2.39. The van der Waals surface area contributed by atoms with Crippen molar-refractivity contribution in [3.63, 3.8) is 0 Å². The minimum absolute atomic E-state index is 0.168. The minimum Gasteiger partial charge on any atom is -0.373 e. The molecule has 1 unspecified atom stereocenters. The molecule has 0 saturated carbocycles. The molecule has 0 amide bonds. The molecule has 0 aromatic rings. The van der Waals surface area contributed by atoms with Crippen LogP contribution in [0.2, 0.25) is 0 Å². The first-order valence-electron chi connectivity index (χ1n) is 3.95. The third-order valence-corrected chi connectivity index (χ3v) is 2.38. The van der Waals surface area contributed by atoms with Crippen molar-refractivity contribution in [2.24, 2.45) is 0 Å². The van der Waals surface area contributed by atoms with Crippen molar-refractivity contribution in [2.45, 2.75) is 31.3 Å². The molecule has 0 N–H and O–H groups in total. The number of ether oxygens (including phenoxy) is 1. The van der Waals surface area contributed by atoms with E-state index in [-0.39, 0.29) is 5.60 Å². The van der Waals surface area contributed by atoms with E-state index in [9.17, 15) is 0 Å². The van der Waals surface area contributed by atoms with Gasteiger partial charge in [0.15, 0.2) is 0 Å². The van der Waals surface area contributed by atoms with Gasteiger partial charge in [0, 0.05) is 6.61 Å². The van der Waals surface area contributed by atoms with E-state index in [1.807, 2.05) is 0 Å². The van der Waals surface area contributed by atoms with E-state index in [2.05, 4.69) is 10.9 Å². The molecule has 2 heteroatoms. The van der Waals surface area contributed by atoms with Crippen molar-refractivity contribution in [3.8, 4) is 6.07 Å². The van der Waals surface area contributed by atoms with Gasteiger partial charge in [-0.15, -0.1) is 0 Å². The summed E-state index contributed by atoms with van der Waals surface area (Å²) < 4.78 is 5.66. The van der Waals surface area contributed by atoms with Crippen LogP contribution in [0.15, 0.2) is 0 Å². The van der Waals surface area contributed by atoms with Gasteiger partial charge in [-0.1, -0.05) is 4.85 Å². The molecule has 0 aromatic heterocycles. The Kier molecular flexibility index (Phi) is 1.39. The highest BCUT2D eigenvalue weighted by Crippen LogP contribution is 2.33. The Morgan fingerprint density at radius 3 is 3.00 bits per heavy atom. The number of rotatable bonds is 0. The second-order valence-corrected chi connectivity index (χ2v) is 3.10. The maximum Gasteiger partial charge on any atom is 0.275 e. The molecule has 2 nitrogen and oxygen atoms in total. The Balaban J connectivity index is 2.10. The van der Waals surface area contributed by atoms with Crippen LogP contribution in [0.3, 0.4) is 0 Å². The largest absolute Gasteiger partial charge is 0.373 e. The molecule has 2 rings (SSSR count). The summed E-state index contributed by atoms with van der Waals surface area (Å²) in [6.07, 6.45) is 4.48. The van der Waals surface area contributed by atoms with Gasteiger partial charge in [-0.05, 0) is 12.8 Å². The molecule has 54 valence electrons. The fourth-order valence-corrected chi connectivity index (χ4v) is 1.72. The predicted octanol–water partition coefficient (Wildman–Crippen LogP) is 1.66. The SMILES string of the molecule is C1#[N+]CCC2(C1)CCCO2. The maximum atomic E-state index is 5.66. The molecule has 0 aliphatic carbocycles. The Bertz CT molecular complexity index is 183. The highest BCUT2D eigenvalue weighted by molar-refractivity contribution is 5.04. The van der Waals surface area contributed by atoms with Crippen LogP contribution in [0, 0.1) is 6.07 Å². The van der Waals surface area contributed by atoms with E-state index >= 15 is 0 Å². The molecule has 2 aliphatic heterocycles. The Labute approximate surface area is 61.0 Å². The van der Waals surface area contributed by atoms with Crippen LogP contribution >= 0.6 is 0 Å². The highest BCUT2D eigenvalue weighted by atomic mass is 16.5. The van der Waals surface area contributed by atoms with Crippen LogP contribution in [0.5, 0.6) is 0 Å². The van der Waals surface area contributed by atoms with Crippen LogP contribution in [-0.4, -0.2) is 18.8 Å². The molecular weight excluding hydrogens is 126 g/mol. The molecule has 0 bridgehead atoms. The van der Waals surface area contributed by atoms with Gasteiger partial charge >= 0.3 is 0 Å². The molecule has 1 spiro atoms.